The Labute approximate surface area is 141 Å². The molecule has 0 spiro atoms. The largest absolute Gasteiger partial charge is 0.336 e. The van der Waals surface area contributed by atoms with E-state index in [0.717, 1.165) is 24.5 Å². The van der Waals surface area contributed by atoms with E-state index in [2.05, 4.69) is 64.6 Å². The summed E-state index contributed by atoms with van der Waals surface area (Å²) in [6.07, 6.45) is 6.92. The van der Waals surface area contributed by atoms with Gasteiger partial charge in [0.2, 0.25) is 0 Å². The summed E-state index contributed by atoms with van der Waals surface area (Å²) in [4.78, 5) is 4.17. The third kappa shape index (κ3) is 3.68. The summed E-state index contributed by atoms with van der Waals surface area (Å²) in [6.45, 7) is 0.950. The van der Waals surface area contributed by atoms with Crippen molar-refractivity contribution in [2.24, 2.45) is 0 Å². The molecule has 3 rings (SSSR count). The Morgan fingerprint density at radius 3 is 2.82 bits per heavy atom. The summed E-state index contributed by atoms with van der Waals surface area (Å²) in [7, 11) is 0. The van der Waals surface area contributed by atoms with Crippen LogP contribution in [0.2, 0.25) is 0 Å². The van der Waals surface area contributed by atoms with Crippen molar-refractivity contribution in [3.63, 3.8) is 0 Å². The summed E-state index contributed by atoms with van der Waals surface area (Å²) >= 11 is 6.34. The number of thioether (sulfide) groups is 1. The van der Waals surface area contributed by atoms with Crippen molar-refractivity contribution in [1.82, 2.24) is 9.55 Å². The fraction of sp³-hybridized carbons (Fsp3) is 0.278. The number of aromatic nitrogens is 2. The molecule has 0 saturated carbocycles. The number of hydrogen-bond donors (Lipinski definition) is 1. The van der Waals surface area contributed by atoms with Crippen LogP contribution in [0.15, 0.2) is 61.2 Å². The average molecular weight is 329 g/mol. The van der Waals surface area contributed by atoms with E-state index in [0.29, 0.717) is 5.25 Å². The molecule has 0 aliphatic heterocycles. The van der Waals surface area contributed by atoms with Gasteiger partial charge in [0.15, 0.2) is 0 Å². The molecule has 0 aliphatic rings. The van der Waals surface area contributed by atoms with Gasteiger partial charge in [-0.1, -0.05) is 42.5 Å². The van der Waals surface area contributed by atoms with Crippen molar-refractivity contribution in [1.29, 1.82) is 0 Å². The fourth-order valence-electron chi connectivity index (χ4n) is 2.65. The number of fused-ring (bicyclic) bond motifs is 1. The molecule has 22 heavy (non-hydrogen) atoms. The first-order valence-corrected chi connectivity index (χ1v) is 9.22. The van der Waals surface area contributed by atoms with E-state index in [1.807, 2.05) is 30.5 Å². The zero-order valence-electron chi connectivity index (χ0n) is 12.4. The highest BCUT2D eigenvalue weighted by Crippen LogP contribution is 2.35. The van der Waals surface area contributed by atoms with Crippen molar-refractivity contribution in [3.05, 3.63) is 66.7 Å². The van der Waals surface area contributed by atoms with Gasteiger partial charge in [-0.25, -0.2) is 4.98 Å². The minimum Gasteiger partial charge on any atom is -0.336 e. The Bertz CT molecular complexity index is 705. The van der Waals surface area contributed by atoms with Gasteiger partial charge in [-0.3, -0.25) is 0 Å². The molecule has 2 nitrogen and oxygen atoms in total. The lowest BCUT2D eigenvalue weighted by atomic mass is 10.0. The fourth-order valence-corrected chi connectivity index (χ4v) is 4.28. The predicted octanol–water partition coefficient (Wildman–Crippen LogP) is 4.83. The average Bonchev–Trinajstić information content (AvgIpc) is 3.07. The van der Waals surface area contributed by atoms with Crippen molar-refractivity contribution < 1.29 is 0 Å². The van der Waals surface area contributed by atoms with Gasteiger partial charge in [-0.05, 0) is 34.3 Å². The Morgan fingerprint density at radius 2 is 2.00 bits per heavy atom. The molecule has 0 N–H and O–H groups in total. The van der Waals surface area contributed by atoms with E-state index in [1.165, 1.54) is 16.3 Å². The highest BCUT2D eigenvalue weighted by Gasteiger charge is 2.15. The van der Waals surface area contributed by atoms with E-state index in [9.17, 15) is 0 Å². The van der Waals surface area contributed by atoms with Crippen LogP contribution in [-0.4, -0.2) is 21.1 Å². The maximum atomic E-state index is 4.33. The minimum atomic E-state index is 0.431. The van der Waals surface area contributed by atoms with E-state index in [1.54, 1.807) is 0 Å². The van der Waals surface area contributed by atoms with E-state index >= 15 is 0 Å². The molecule has 2 aromatic carbocycles. The maximum Gasteiger partial charge on any atom is 0.0946 e. The van der Waals surface area contributed by atoms with Gasteiger partial charge in [0.25, 0.3) is 0 Å². The van der Waals surface area contributed by atoms with Crippen LogP contribution >= 0.6 is 24.4 Å². The molecule has 0 amide bonds. The number of hydrogen-bond acceptors (Lipinski definition) is 3. The Kier molecular flexibility index (Phi) is 5.46. The van der Waals surface area contributed by atoms with Crippen molar-refractivity contribution in [3.8, 4) is 0 Å². The number of thiol groups is 1. The number of rotatable bonds is 7. The lowest BCUT2D eigenvalue weighted by molar-refractivity contribution is 0.685. The topological polar surface area (TPSA) is 17.8 Å². The zero-order chi connectivity index (χ0) is 15.2. The second-order valence-corrected chi connectivity index (χ2v) is 7.02. The van der Waals surface area contributed by atoms with E-state index in [-0.39, 0.29) is 0 Å². The van der Waals surface area contributed by atoms with Crippen molar-refractivity contribution in [2.45, 2.75) is 18.2 Å². The first-order chi connectivity index (χ1) is 10.9. The van der Waals surface area contributed by atoms with Gasteiger partial charge in [-0.2, -0.15) is 24.4 Å². The van der Waals surface area contributed by atoms with Gasteiger partial charge in [0.1, 0.15) is 0 Å². The normalized spacial score (nSPS) is 12.6. The van der Waals surface area contributed by atoms with Gasteiger partial charge < -0.3 is 4.57 Å². The molecular weight excluding hydrogens is 308 g/mol. The van der Waals surface area contributed by atoms with Gasteiger partial charge in [-0.15, -0.1) is 0 Å². The lowest BCUT2D eigenvalue weighted by Gasteiger charge is -2.19. The second kappa shape index (κ2) is 7.75. The Morgan fingerprint density at radius 1 is 1.14 bits per heavy atom. The summed E-state index contributed by atoms with van der Waals surface area (Å²) in [6, 6.07) is 15.3. The molecule has 0 fully saturated rings. The first-order valence-electron chi connectivity index (χ1n) is 7.54. The minimum absolute atomic E-state index is 0.431. The number of benzene rings is 2. The molecule has 0 bridgehead atoms. The molecular formula is C18H20N2S2. The Balaban J connectivity index is 1.92. The summed E-state index contributed by atoms with van der Waals surface area (Å²) in [5, 5.41) is 3.10. The number of imidazole rings is 1. The lowest BCUT2D eigenvalue weighted by Crippen LogP contribution is -2.06. The van der Waals surface area contributed by atoms with Crippen LogP contribution in [0.5, 0.6) is 0 Å². The molecule has 0 radical (unpaired) electrons. The smallest absolute Gasteiger partial charge is 0.0946 e. The molecule has 3 aromatic rings. The van der Waals surface area contributed by atoms with Crippen LogP contribution in [0.25, 0.3) is 10.8 Å². The van der Waals surface area contributed by atoms with Crippen LogP contribution < -0.4 is 0 Å². The molecule has 1 heterocycles. The monoisotopic (exact) mass is 328 g/mol. The molecule has 1 unspecified atom stereocenters. The highest BCUT2D eigenvalue weighted by molar-refractivity contribution is 7.99. The van der Waals surface area contributed by atoms with Crippen molar-refractivity contribution >= 4 is 35.2 Å². The quantitative estimate of drug-likeness (QED) is 0.494. The van der Waals surface area contributed by atoms with Gasteiger partial charge >= 0.3 is 0 Å². The molecule has 1 aromatic heterocycles. The molecule has 0 aliphatic carbocycles. The molecule has 1 atom stereocenters. The zero-order valence-corrected chi connectivity index (χ0v) is 14.1. The van der Waals surface area contributed by atoms with Crippen LogP contribution in [-0.2, 0) is 6.54 Å². The number of nitrogens with zero attached hydrogens (tertiary/aromatic N) is 2. The summed E-state index contributed by atoms with van der Waals surface area (Å²) in [5.74, 6) is 2.08. The maximum absolute atomic E-state index is 4.33. The highest BCUT2D eigenvalue weighted by atomic mass is 32.2. The van der Waals surface area contributed by atoms with E-state index < -0.39 is 0 Å². The van der Waals surface area contributed by atoms with Gasteiger partial charge in [0, 0.05) is 24.2 Å². The van der Waals surface area contributed by atoms with Crippen LogP contribution in [0, 0.1) is 0 Å². The summed E-state index contributed by atoms with van der Waals surface area (Å²) in [5.41, 5.74) is 1.41. The van der Waals surface area contributed by atoms with Crippen LogP contribution in [0.4, 0.5) is 0 Å². The predicted molar refractivity (Wildman–Crippen MR) is 99.8 cm³/mol. The van der Waals surface area contributed by atoms with Crippen LogP contribution in [0.3, 0.4) is 0 Å². The van der Waals surface area contributed by atoms with Crippen LogP contribution in [0.1, 0.15) is 17.2 Å². The third-order valence-corrected chi connectivity index (χ3v) is 5.37. The van der Waals surface area contributed by atoms with Gasteiger partial charge in [0.05, 0.1) is 6.33 Å². The molecule has 4 heteroatoms. The first kappa shape index (κ1) is 15.5. The SMILES string of the molecule is SCCCSC(Cn1ccnc1)c1cccc2ccccc12. The standard InChI is InChI=1S/C18H20N2S2/c21-11-4-12-22-18(13-20-10-9-19-14-20)17-8-3-6-15-5-1-2-7-16(15)17/h1-3,5-10,14,18,21H,4,11-13H2. The van der Waals surface area contributed by atoms with E-state index in [4.69, 9.17) is 0 Å². The molecule has 0 saturated heterocycles. The third-order valence-electron chi connectivity index (χ3n) is 3.73. The summed E-state index contributed by atoms with van der Waals surface area (Å²) < 4.78 is 2.17. The Hall–Kier alpha value is -1.39. The van der Waals surface area contributed by atoms with Crippen molar-refractivity contribution in [2.75, 3.05) is 11.5 Å². The molecule has 114 valence electrons. The second-order valence-electron chi connectivity index (χ2n) is 5.26.